The highest BCUT2D eigenvalue weighted by Crippen LogP contribution is 2.23. The van der Waals surface area contributed by atoms with Crippen molar-refractivity contribution in [3.05, 3.63) is 24.0 Å². The molecular weight excluding hydrogens is 418 g/mol. The minimum absolute atomic E-state index is 0.00379. The molecule has 9 heteroatoms. The third kappa shape index (κ3) is 5.45. The Bertz CT molecular complexity index is 992. The van der Waals surface area contributed by atoms with Crippen molar-refractivity contribution >= 4 is 27.0 Å². The highest BCUT2D eigenvalue weighted by molar-refractivity contribution is 7.89. The van der Waals surface area contributed by atoms with Crippen molar-refractivity contribution in [2.45, 2.75) is 70.4 Å². The standard InChI is InChI=1S/C22H33N3O5S/c1-4-24(5-2)31(27,28)18-10-11-20-19(15-18)23-21(25(20)6-3)12-13-22(26)30-16-17-9-7-8-14-29-17/h10-11,15,17H,4-9,12-14,16H2,1-3H3. The molecule has 1 aromatic heterocycles. The van der Waals surface area contributed by atoms with E-state index in [-0.39, 0.29) is 23.4 Å². The van der Waals surface area contributed by atoms with Crippen molar-refractivity contribution < 1.29 is 22.7 Å². The number of benzene rings is 1. The molecule has 1 fully saturated rings. The number of aromatic nitrogens is 2. The van der Waals surface area contributed by atoms with E-state index in [0.717, 1.165) is 37.2 Å². The molecule has 0 spiro atoms. The van der Waals surface area contributed by atoms with Crippen LogP contribution in [-0.4, -0.2) is 60.7 Å². The Morgan fingerprint density at radius 3 is 2.68 bits per heavy atom. The van der Waals surface area contributed by atoms with Crippen molar-refractivity contribution in [2.24, 2.45) is 0 Å². The summed E-state index contributed by atoms with van der Waals surface area (Å²) >= 11 is 0. The molecule has 2 heterocycles. The molecule has 3 rings (SSSR count). The van der Waals surface area contributed by atoms with Gasteiger partial charge < -0.3 is 14.0 Å². The smallest absolute Gasteiger partial charge is 0.306 e. The van der Waals surface area contributed by atoms with Gasteiger partial charge in [-0.25, -0.2) is 13.4 Å². The minimum Gasteiger partial charge on any atom is -0.463 e. The fourth-order valence-corrected chi connectivity index (χ4v) is 5.47. The zero-order chi connectivity index (χ0) is 22.4. The molecule has 0 radical (unpaired) electrons. The van der Waals surface area contributed by atoms with E-state index in [1.54, 1.807) is 18.2 Å². The maximum absolute atomic E-state index is 12.8. The van der Waals surface area contributed by atoms with Gasteiger partial charge in [0.1, 0.15) is 12.4 Å². The fourth-order valence-electron chi connectivity index (χ4n) is 3.99. The summed E-state index contributed by atoms with van der Waals surface area (Å²) in [5, 5.41) is 0. The van der Waals surface area contributed by atoms with Gasteiger partial charge in [0.2, 0.25) is 10.0 Å². The van der Waals surface area contributed by atoms with Crippen molar-refractivity contribution in [2.75, 3.05) is 26.3 Å². The van der Waals surface area contributed by atoms with Crippen LogP contribution in [0.3, 0.4) is 0 Å². The summed E-state index contributed by atoms with van der Waals surface area (Å²) in [7, 11) is -3.55. The number of hydrogen-bond acceptors (Lipinski definition) is 6. The molecule has 0 N–H and O–H groups in total. The zero-order valence-corrected chi connectivity index (χ0v) is 19.5. The first-order valence-electron chi connectivity index (χ1n) is 11.2. The summed E-state index contributed by atoms with van der Waals surface area (Å²) in [6, 6.07) is 5.05. The van der Waals surface area contributed by atoms with E-state index in [4.69, 9.17) is 9.47 Å². The highest BCUT2D eigenvalue weighted by atomic mass is 32.2. The summed E-state index contributed by atoms with van der Waals surface area (Å²) in [5.74, 6) is 0.481. The summed E-state index contributed by atoms with van der Waals surface area (Å²) in [6.07, 6.45) is 3.76. The van der Waals surface area contributed by atoms with Gasteiger partial charge in [-0.15, -0.1) is 0 Å². The van der Waals surface area contributed by atoms with E-state index in [9.17, 15) is 13.2 Å². The quantitative estimate of drug-likeness (QED) is 0.516. The van der Waals surface area contributed by atoms with Gasteiger partial charge in [0, 0.05) is 32.7 Å². The second kappa shape index (κ2) is 10.6. The Balaban J connectivity index is 1.71. The van der Waals surface area contributed by atoms with Gasteiger partial charge in [0.05, 0.1) is 28.5 Å². The molecule has 1 saturated heterocycles. The van der Waals surface area contributed by atoms with Gasteiger partial charge in [-0.1, -0.05) is 13.8 Å². The lowest BCUT2D eigenvalue weighted by Crippen LogP contribution is -2.30. The Morgan fingerprint density at radius 1 is 1.26 bits per heavy atom. The molecule has 1 aromatic carbocycles. The first-order valence-corrected chi connectivity index (χ1v) is 12.6. The average molecular weight is 452 g/mol. The second-order valence-corrected chi connectivity index (χ2v) is 9.62. The van der Waals surface area contributed by atoms with E-state index in [1.807, 2.05) is 25.3 Å². The van der Waals surface area contributed by atoms with Crippen molar-refractivity contribution in [1.82, 2.24) is 13.9 Å². The van der Waals surface area contributed by atoms with Crippen molar-refractivity contribution in [1.29, 1.82) is 0 Å². The fraction of sp³-hybridized carbons (Fsp3) is 0.636. The normalized spacial score (nSPS) is 17.4. The lowest BCUT2D eigenvalue weighted by molar-refractivity contribution is -0.149. The molecule has 0 bridgehead atoms. The van der Waals surface area contributed by atoms with Gasteiger partial charge in [-0.2, -0.15) is 4.31 Å². The summed E-state index contributed by atoms with van der Waals surface area (Å²) in [4.78, 5) is 17.1. The highest BCUT2D eigenvalue weighted by Gasteiger charge is 2.23. The van der Waals surface area contributed by atoms with Gasteiger partial charge in [-0.05, 0) is 44.4 Å². The van der Waals surface area contributed by atoms with Gasteiger partial charge in [0.15, 0.2) is 0 Å². The maximum atomic E-state index is 12.8. The molecule has 172 valence electrons. The van der Waals surface area contributed by atoms with Crippen LogP contribution < -0.4 is 0 Å². The summed E-state index contributed by atoms with van der Waals surface area (Å²) in [5.41, 5.74) is 1.48. The van der Waals surface area contributed by atoms with Crippen LogP contribution in [0.4, 0.5) is 0 Å². The van der Waals surface area contributed by atoms with Gasteiger partial charge in [0.25, 0.3) is 0 Å². The number of fused-ring (bicyclic) bond motifs is 1. The predicted octanol–water partition coefficient (Wildman–Crippen LogP) is 3.13. The summed E-state index contributed by atoms with van der Waals surface area (Å²) in [6.45, 7) is 8.19. The number of carbonyl (C=O) groups excluding carboxylic acids is 1. The van der Waals surface area contributed by atoms with E-state index in [0.29, 0.717) is 38.2 Å². The molecule has 1 unspecified atom stereocenters. The van der Waals surface area contributed by atoms with Crippen molar-refractivity contribution in [3.8, 4) is 0 Å². The number of hydrogen-bond donors (Lipinski definition) is 0. The average Bonchev–Trinajstić information content (AvgIpc) is 3.14. The number of aryl methyl sites for hydroxylation is 2. The van der Waals surface area contributed by atoms with E-state index >= 15 is 0 Å². The van der Waals surface area contributed by atoms with Crippen LogP contribution in [0.5, 0.6) is 0 Å². The third-order valence-electron chi connectivity index (χ3n) is 5.72. The van der Waals surface area contributed by atoms with Crippen LogP contribution in [0.1, 0.15) is 52.3 Å². The lowest BCUT2D eigenvalue weighted by Gasteiger charge is -2.22. The van der Waals surface area contributed by atoms with Crippen LogP contribution in [0, 0.1) is 0 Å². The molecule has 0 saturated carbocycles. The maximum Gasteiger partial charge on any atom is 0.306 e. The number of imidazole rings is 1. The van der Waals surface area contributed by atoms with Crippen LogP contribution in [-0.2, 0) is 37.3 Å². The largest absolute Gasteiger partial charge is 0.463 e. The third-order valence-corrected chi connectivity index (χ3v) is 7.76. The van der Waals surface area contributed by atoms with E-state index in [2.05, 4.69) is 4.98 Å². The van der Waals surface area contributed by atoms with Gasteiger partial charge in [-0.3, -0.25) is 4.79 Å². The number of rotatable bonds is 10. The predicted molar refractivity (Wildman–Crippen MR) is 118 cm³/mol. The minimum atomic E-state index is -3.55. The Hall–Kier alpha value is -1.97. The molecule has 2 aromatic rings. The first kappa shape index (κ1) is 23.7. The number of esters is 1. The topological polar surface area (TPSA) is 90.7 Å². The molecular formula is C22H33N3O5S. The van der Waals surface area contributed by atoms with Crippen LogP contribution >= 0.6 is 0 Å². The van der Waals surface area contributed by atoms with Gasteiger partial charge >= 0.3 is 5.97 Å². The first-order chi connectivity index (χ1) is 14.9. The number of ether oxygens (including phenoxy) is 2. The SMILES string of the molecule is CCN(CC)S(=O)(=O)c1ccc2c(c1)nc(CCC(=O)OCC1CCCCO1)n2CC. The molecule has 0 amide bonds. The Labute approximate surface area is 184 Å². The lowest BCUT2D eigenvalue weighted by atomic mass is 10.1. The molecule has 1 atom stereocenters. The van der Waals surface area contributed by atoms with E-state index in [1.165, 1.54) is 4.31 Å². The van der Waals surface area contributed by atoms with E-state index < -0.39 is 10.0 Å². The molecule has 8 nitrogen and oxygen atoms in total. The monoisotopic (exact) mass is 451 g/mol. The number of sulfonamides is 1. The number of carbonyl (C=O) groups is 1. The Kier molecular flexibility index (Phi) is 8.07. The molecule has 31 heavy (non-hydrogen) atoms. The zero-order valence-electron chi connectivity index (χ0n) is 18.7. The summed E-state index contributed by atoms with van der Waals surface area (Å²) < 4.78 is 40.1. The van der Waals surface area contributed by atoms with Crippen LogP contribution in [0.2, 0.25) is 0 Å². The van der Waals surface area contributed by atoms with Crippen molar-refractivity contribution in [3.63, 3.8) is 0 Å². The Morgan fingerprint density at radius 2 is 2.03 bits per heavy atom. The van der Waals surface area contributed by atoms with Crippen LogP contribution in [0.25, 0.3) is 11.0 Å². The molecule has 1 aliphatic heterocycles. The number of nitrogens with zero attached hydrogens (tertiary/aromatic N) is 3. The van der Waals surface area contributed by atoms with Crippen LogP contribution in [0.15, 0.2) is 23.1 Å². The molecule has 1 aliphatic rings. The molecule has 0 aliphatic carbocycles. The second-order valence-electron chi connectivity index (χ2n) is 7.68.